The van der Waals surface area contributed by atoms with Crippen LogP contribution in [0.2, 0.25) is 0 Å². The Morgan fingerprint density at radius 3 is 2.64 bits per heavy atom. The molecule has 2 aromatic rings. The fourth-order valence-corrected chi connectivity index (χ4v) is 3.99. The zero-order valence-electron chi connectivity index (χ0n) is 12.9. The molecule has 1 fully saturated rings. The zero-order valence-corrected chi connectivity index (χ0v) is 12.9. The van der Waals surface area contributed by atoms with Gasteiger partial charge in [0.1, 0.15) is 5.75 Å². The minimum absolute atomic E-state index is 0.378. The molecule has 2 aliphatic rings. The van der Waals surface area contributed by atoms with Crippen molar-refractivity contribution in [2.24, 2.45) is 0 Å². The molecule has 2 aliphatic heterocycles. The first-order chi connectivity index (χ1) is 10.7. The number of phenols is 1. The summed E-state index contributed by atoms with van der Waals surface area (Å²) in [7, 11) is 2.20. The normalized spacial score (nSPS) is 25.5. The van der Waals surface area contributed by atoms with Crippen molar-refractivity contribution >= 4 is 0 Å². The summed E-state index contributed by atoms with van der Waals surface area (Å²) in [5.74, 6) is 0.378. The van der Waals surface area contributed by atoms with Crippen molar-refractivity contribution in [2.75, 3.05) is 26.7 Å². The van der Waals surface area contributed by atoms with Crippen LogP contribution < -0.4 is 0 Å². The molecule has 0 amide bonds. The van der Waals surface area contributed by atoms with Crippen molar-refractivity contribution in [3.05, 3.63) is 65.2 Å². The molecule has 3 nitrogen and oxygen atoms in total. The van der Waals surface area contributed by atoms with Gasteiger partial charge < -0.3 is 10.0 Å². The van der Waals surface area contributed by atoms with E-state index in [9.17, 15) is 5.11 Å². The molecule has 0 radical (unpaired) electrons. The number of benzene rings is 2. The van der Waals surface area contributed by atoms with E-state index in [1.807, 2.05) is 12.1 Å². The summed E-state index contributed by atoms with van der Waals surface area (Å²) in [5, 5.41) is 9.87. The summed E-state index contributed by atoms with van der Waals surface area (Å²) in [4.78, 5) is 5.06. The molecular weight excluding hydrogens is 272 g/mol. The van der Waals surface area contributed by atoms with Gasteiger partial charge in [0.2, 0.25) is 0 Å². The van der Waals surface area contributed by atoms with Gasteiger partial charge in [0, 0.05) is 31.7 Å². The maximum Gasteiger partial charge on any atom is 0.115 e. The molecule has 0 saturated carbocycles. The van der Waals surface area contributed by atoms with Crippen molar-refractivity contribution < 1.29 is 5.11 Å². The number of nitrogens with zero attached hydrogens (tertiary/aromatic N) is 2. The topological polar surface area (TPSA) is 26.7 Å². The highest BCUT2D eigenvalue weighted by Gasteiger charge is 2.37. The first-order valence-electron chi connectivity index (χ1n) is 8.03. The van der Waals surface area contributed by atoms with E-state index in [0.29, 0.717) is 17.8 Å². The Morgan fingerprint density at radius 1 is 1.00 bits per heavy atom. The Morgan fingerprint density at radius 2 is 1.82 bits per heavy atom. The van der Waals surface area contributed by atoms with Crippen molar-refractivity contribution in [1.29, 1.82) is 0 Å². The van der Waals surface area contributed by atoms with Crippen LogP contribution in [0.5, 0.6) is 5.75 Å². The molecule has 2 heterocycles. The molecule has 1 saturated heterocycles. The number of likely N-dealkylation sites (N-methyl/N-ethyl adjacent to an activating group) is 1. The monoisotopic (exact) mass is 294 g/mol. The molecule has 0 spiro atoms. The Labute approximate surface area is 131 Å². The molecule has 0 aliphatic carbocycles. The van der Waals surface area contributed by atoms with E-state index in [-0.39, 0.29) is 0 Å². The van der Waals surface area contributed by atoms with E-state index in [0.717, 1.165) is 26.1 Å². The maximum atomic E-state index is 9.87. The summed E-state index contributed by atoms with van der Waals surface area (Å²) in [6.07, 6.45) is 0.980. The summed E-state index contributed by atoms with van der Waals surface area (Å²) in [5.41, 5.74) is 4.06. The van der Waals surface area contributed by atoms with Crippen molar-refractivity contribution in [3.63, 3.8) is 0 Å². The minimum atomic E-state index is 0.378. The number of rotatable bonds is 1. The van der Waals surface area contributed by atoms with Crippen LogP contribution in [-0.4, -0.2) is 41.6 Å². The van der Waals surface area contributed by atoms with Gasteiger partial charge in [-0.2, -0.15) is 0 Å². The third kappa shape index (κ3) is 2.31. The quantitative estimate of drug-likeness (QED) is 0.876. The fourth-order valence-electron chi connectivity index (χ4n) is 3.99. The number of piperazine rings is 1. The molecule has 2 aromatic carbocycles. The Bertz CT molecular complexity index is 670. The average Bonchev–Trinajstić information content (AvgIpc) is 2.54. The second-order valence-electron chi connectivity index (χ2n) is 6.53. The highest BCUT2D eigenvalue weighted by Crippen LogP contribution is 2.42. The second-order valence-corrected chi connectivity index (χ2v) is 6.53. The summed E-state index contributed by atoms with van der Waals surface area (Å²) >= 11 is 0. The van der Waals surface area contributed by atoms with Gasteiger partial charge in [-0.1, -0.05) is 36.4 Å². The van der Waals surface area contributed by atoms with E-state index in [4.69, 9.17) is 0 Å². The summed E-state index contributed by atoms with van der Waals surface area (Å²) in [6.45, 7) is 3.27. The number of phenolic OH excluding ortho intramolecular Hbond substituents is 1. The third-order valence-corrected chi connectivity index (χ3v) is 5.11. The van der Waals surface area contributed by atoms with Gasteiger partial charge >= 0.3 is 0 Å². The van der Waals surface area contributed by atoms with Gasteiger partial charge in [-0.3, -0.25) is 4.90 Å². The smallest absolute Gasteiger partial charge is 0.115 e. The summed E-state index contributed by atoms with van der Waals surface area (Å²) in [6, 6.07) is 17.5. The Hall–Kier alpha value is -1.84. The van der Waals surface area contributed by atoms with E-state index in [1.165, 1.54) is 16.7 Å². The Balaban J connectivity index is 1.79. The molecular formula is C19H22N2O. The van der Waals surface area contributed by atoms with Crippen LogP contribution in [0.4, 0.5) is 0 Å². The predicted molar refractivity (Wildman–Crippen MR) is 87.9 cm³/mol. The van der Waals surface area contributed by atoms with Crippen LogP contribution >= 0.6 is 0 Å². The summed E-state index contributed by atoms with van der Waals surface area (Å²) < 4.78 is 0. The fraction of sp³-hybridized carbons (Fsp3) is 0.368. The average molecular weight is 294 g/mol. The van der Waals surface area contributed by atoms with Gasteiger partial charge in [0.05, 0.1) is 0 Å². The van der Waals surface area contributed by atoms with Gasteiger partial charge in [-0.05, 0) is 42.3 Å². The molecule has 0 unspecified atom stereocenters. The maximum absolute atomic E-state index is 9.87. The highest BCUT2D eigenvalue weighted by atomic mass is 16.3. The molecule has 1 N–H and O–H groups in total. The van der Waals surface area contributed by atoms with E-state index in [1.54, 1.807) is 0 Å². The van der Waals surface area contributed by atoms with E-state index < -0.39 is 0 Å². The SMILES string of the molecule is CN1CCN2[C@H](c3ccccc3)Cc3cc(O)ccc3[C@@H]2C1. The first kappa shape index (κ1) is 13.8. The molecule has 0 bridgehead atoms. The third-order valence-electron chi connectivity index (χ3n) is 5.11. The molecule has 0 aromatic heterocycles. The van der Waals surface area contributed by atoms with Crippen LogP contribution in [0.1, 0.15) is 28.8 Å². The van der Waals surface area contributed by atoms with Crippen LogP contribution in [-0.2, 0) is 6.42 Å². The van der Waals surface area contributed by atoms with E-state index >= 15 is 0 Å². The lowest BCUT2D eigenvalue weighted by Gasteiger charge is -2.48. The molecule has 4 rings (SSSR count). The van der Waals surface area contributed by atoms with Crippen molar-refractivity contribution in [1.82, 2.24) is 9.80 Å². The van der Waals surface area contributed by atoms with Gasteiger partial charge in [0.25, 0.3) is 0 Å². The van der Waals surface area contributed by atoms with Crippen LogP contribution in [0.15, 0.2) is 48.5 Å². The van der Waals surface area contributed by atoms with Crippen LogP contribution in [0, 0.1) is 0 Å². The van der Waals surface area contributed by atoms with Crippen molar-refractivity contribution in [3.8, 4) is 5.75 Å². The molecule has 3 heteroatoms. The number of hydrogen-bond acceptors (Lipinski definition) is 3. The predicted octanol–water partition coefficient (Wildman–Crippen LogP) is 2.98. The lowest BCUT2D eigenvalue weighted by molar-refractivity contribution is 0.0403. The molecule has 22 heavy (non-hydrogen) atoms. The van der Waals surface area contributed by atoms with Gasteiger partial charge in [-0.25, -0.2) is 0 Å². The Kier molecular flexibility index (Phi) is 3.40. The molecule has 114 valence electrons. The number of aromatic hydroxyl groups is 1. The zero-order chi connectivity index (χ0) is 15.1. The van der Waals surface area contributed by atoms with Crippen molar-refractivity contribution in [2.45, 2.75) is 18.5 Å². The minimum Gasteiger partial charge on any atom is -0.508 e. The molecule has 2 atom stereocenters. The second kappa shape index (κ2) is 5.41. The van der Waals surface area contributed by atoms with Gasteiger partial charge in [-0.15, -0.1) is 0 Å². The first-order valence-corrected chi connectivity index (χ1v) is 8.03. The van der Waals surface area contributed by atoms with Crippen LogP contribution in [0.25, 0.3) is 0 Å². The van der Waals surface area contributed by atoms with Crippen LogP contribution in [0.3, 0.4) is 0 Å². The largest absolute Gasteiger partial charge is 0.508 e. The standard InChI is InChI=1S/C19H22N2O/c1-20-9-10-21-18(14-5-3-2-4-6-14)12-15-11-16(22)7-8-17(15)19(21)13-20/h2-8,11,18-19,22H,9-10,12-13H2,1H3/t18-,19-/m0/s1. The highest BCUT2D eigenvalue weighted by molar-refractivity contribution is 5.41. The van der Waals surface area contributed by atoms with E-state index in [2.05, 4.69) is 53.2 Å². The lowest BCUT2D eigenvalue weighted by atomic mass is 9.84. The van der Waals surface area contributed by atoms with Gasteiger partial charge in [0.15, 0.2) is 0 Å². The number of hydrogen-bond donors (Lipinski definition) is 1. The lowest BCUT2D eigenvalue weighted by Crippen LogP contribution is -2.50. The number of fused-ring (bicyclic) bond motifs is 3.